The van der Waals surface area contributed by atoms with Gasteiger partial charge in [0.1, 0.15) is 28.2 Å². The molecule has 13 aromatic rings. The van der Waals surface area contributed by atoms with Gasteiger partial charge in [0.05, 0.1) is 22.2 Å². The fraction of sp³-hybridized carbons (Fsp3) is 0. The molecule has 7 nitrogen and oxygen atoms in total. The maximum Gasteiger partial charge on any atom is 0.167 e. The fourth-order valence-electron chi connectivity index (χ4n) is 9.09. The lowest BCUT2D eigenvalue weighted by molar-refractivity contribution is 0.669. The van der Waals surface area contributed by atoms with E-state index in [0.717, 1.165) is 99.4 Å². The van der Waals surface area contributed by atoms with Crippen LogP contribution in [0.25, 0.3) is 128 Å². The van der Waals surface area contributed by atoms with E-state index in [9.17, 15) is 0 Å². The van der Waals surface area contributed by atoms with E-state index in [1.165, 1.54) is 10.8 Å². The zero-order valence-corrected chi connectivity index (χ0v) is 32.5. The molecule has 61 heavy (non-hydrogen) atoms. The molecular formula is C54H31N5O2. The Morgan fingerprint density at radius 2 is 0.803 bits per heavy atom. The third-order valence-corrected chi connectivity index (χ3v) is 11.9. The third kappa shape index (κ3) is 5.11. The van der Waals surface area contributed by atoms with E-state index in [1.807, 2.05) is 66.7 Å². The number of benzene rings is 9. The summed E-state index contributed by atoms with van der Waals surface area (Å²) in [5.41, 5.74) is 9.49. The zero-order valence-electron chi connectivity index (χ0n) is 32.5. The molecule has 0 bridgehead atoms. The molecule has 9 aromatic carbocycles. The third-order valence-electron chi connectivity index (χ3n) is 11.9. The summed E-state index contributed by atoms with van der Waals surface area (Å²) >= 11 is 0. The van der Waals surface area contributed by atoms with Crippen LogP contribution in [0.3, 0.4) is 0 Å². The van der Waals surface area contributed by atoms with E-state index in [2.05, 4.69) is 126 Å². The molecule has 13 rings (SSSR count). The maximum absolute atomic E-state index is 6.51. The van der Waals surface area contributed by atoms with Crippen molar-refractivity contribution in [2.45, 2.75) is 0 Å². The van der Waals surface area contributed by atoms with Gasteiger partial charge >= 0.3 is 0 Å². The minimum Gasteiger partial charge on any atom is -0.455 e. The van der Waals surface area contributed by atoms with Gasteiger partial charge in [-0.05, 0) is 59.3 Å². The van der Waals surface area contributed by atoms with Crippen molar-refractivity contribution < 1.29 is 8.83 Å². The highest BCUT2D eigenvalue weighted by atomic mass is 16.3. The first-order valence-electron chi connectivity index (χ1n) is 20.3. The van der Waals surface area contributed by atoms with E-state index < -0.39 is 0 Å². The van der Waals surface area contributed by atoms with Crippen molar-refractivity contribution in [2.75, 3.05) is 0 Å². The average Bonchev–Trinajstić information content (AvgIpc) is 4.04. The van der Waals surface area contributed by atoms with Crippen LogP contribution in [0.5, 0.6) is 0 Å². The molecule has 0 aliphatic heterocycles. The summed E-state index contributed by atoms with van der Waals surface area (Å²) in [6.07, 6.45) is 0. The molecule has 0 radical (unpaired) electrons. The minimum absolute atomic E-state index is 0.507. The Balaban J connectivity index is 1.04. The molecule has 0 unspecified atom stereocenters. The quantitative estimate of drug-likeness (QED) is 0.162. The van der Waals surface area contributed by atoms with Crippen molar-refractivity contribution in [3.63, 3.8) is 0 Å². The highest BCUT2D eigenvalue weighted by Gasteiger charge is 2.23. The second kappa shape index (κ2) is 13.0. The number of nitrogens with zero attached hydrogens (tertiary/aromatic N) is 5. The lowest BCUT2D eigenvalue weighted by Crippen LogP contribution is -2.01. The summed E-state index contributed by atoms with van der Waals surface area (Å²) in [6.45, 7) is 0. The minimum atomic E-state index is 0.507. The smallest absolute Gasteiger partial charge is 0.167 e. The van der Waals surface area contributed by atoms with E-state index >= 15 is 0 Å². The molecule has 284 valence electrons. The van der Waals surface area contributed by atoms with Crippen LogP contribution < -0.4 is 0 Å². The van der Waals surface area contributed by atoms with Crippen LogP contribution >= 0.6 is 0 Å². The van der Waals surface area contributed by atoms with Crippen molar-refractivity contribution >= 4 is 76.5 Å². The van der Waals surface area contributed by atoms with E-state index in [-0.39, 0.29) is 0 Å². The van der Waals surface area contributed by atoms with Crippen LogP contribution in [0.15, 0.2) is 197 Å². The lowest BCUT2D eigenvalue weighted by atomic mass is 10.00. The van der Waals surface area contributed by atoms with Crippen LogP contribution in [0.2, 0.25) is 0 Å². The highest BCUT2D eigenvalue weighted by molar-refractivity contribution is 6.24. The molecule has 0 spiro atoms. The van der Waals surface area contributed by atoms with Crippen molar-refractivity contribution in [1.29, 1.82) is 0 Å². The zero-order chi connectivity index (χ0) is 40.0. The molecule has 0 atom stereocenters. The number of aromatic nitrogens is 5. The number of furan rings is 2. The van der Waals surface area contributed by atoms with Crippen LogP contribution in [0.4, 0.5) is 0 Å². The number of hydrogen-bond donors (Lipinski definition) is 0. The van der Waals surface area contributed by atoms with E-state index in [1.54, 1.807) is 0 Å². The molecule has 0 aliphatic carbocycles. The largest absolute Gasteiger partial charge is 0.455 e. The van der Waals surface area contributed by atoms with Crippen LogP contribution in [-0.4, -0.2) is 24.5 Å². The monoisotopic (exact) mass is 781 g/mol. The molecule has 0 fully saturated rings. The number of para-hydroxylation sites is 4. The van der Waals surface area contributed by atoms with Gasteiger partial charge in [0, 0.05) is 49.1 Å². The lowest BCUT2D eigenvalue weighted by Gasteiger charge is -2.13. The maximum atomic E-state index is 6.51. The van der Waals surface area contributed by atoms with Crippen molar-refractivity contribution in [3.05, 3.63) is 188 Å². The van der Waals surface area contributed by atoms with Gasteiger partial charge < -0.3 is 8.83 Å². The summed E-state index contributed by atoms with van der Waals surface area (Å²) in [5.74, 6) is 2.41. The molecular weight excluding hydrogens is 751 g/mol. The highest BCUT2D eigenvalue weighted by Crippen LogP contribution is 2.41. The van der Waals surface area contributed by atoms with E-state index in [0.29, 0.717) is 17.5 Å². The van der Waals surface area contributed by atoms with Gasteiger partial charge in [-0.1, -0.05) is 140 Å². The average molecular weight is 782 g/mol. The summed E-state index contributed by atoms with van der Waals surface area (Å²) in [6, 6.07) is 64.4. The van der Waals surface area contributed by atoms with Crippen molar-refractivity contribution in [2.24, 2.45) is 0 Å². The molecule has 4 aromatic heterocycles. The predicted molar refractivity (Wildman–Crippen MR) is 246 cm³/mol. The molecule has 0 amide bonds. The topological polar surface area (TPSA) is 82.8 Å². The molecule has 0 aliphatic rings. The molecule has 7 heteroatoms. The van der Waals surface area contributed by atoms with Gasteiger partial charge in [-0.15, -0.1) is 0 Å². The normalized spacial score (nSPS) is 11.9. The Morgan fingerprint density at radius 3 is 1.41 bits per heavy atom. The van der Waals surface area contributed by atoms with Gasteiger partial charge in [0.25, 0.3) is 0 Å². The number of imidazole rings is 1. The first-order chi connectivity index (χ1) is 30.2. The van der Waals surface area contributed by atoms with E-state index in [4.69, 9.17) is 28.8 Å². The van der Waals surface area contributed by atoms with Gasteiger partial charge in [0.2, 0.25) is 0 Å². The van der Waals surface area contributed by atoms with Crippen molar-refractivity contribution in [3.8, 4) is 51.2 Å². The van der Waals surface area contributed by atoms with Gasteiger partial charge in [0.15, 0.2) is 17.5 Å². The van der Waals surface area contributed by atoms with Gasteiger partial charge in [-0.25, -0.2) is 19.9 Å². The summed E-state index contributed by atoms with van der Waals surface area (Å²) in [4.78, 5) is 21.0. The first-order valence-corrected chi connectivity index (χ1v) is 20.3. The van der Waals surface area contributed by atoms with Crippen LogP contribution in [0.1, 0.15) is 0 Å². The Hall–Kier alpha value is -8.42. The summed E-state index contributed by atoms with van der Waals surface area (Å²) < 4.78 is 15.3. The molecule has 0 saturated heterocycles. The first kappa shape index (κ1) is 33.5. The Morgan fingerprint density at radius 1 is 0.328 bits per heavy atom. The Bertz CT molecular complexity index is 3750. The number of fused-ring (bicyclic) bond motifs is 12. The number of rotatable bonds is 5. The van der Waals surface area contributed by atoms with Crippen molar-refractivity contribution in [1.82, 2.24) is 24.5 Å². The van der Waals surface area contributed by atoms with Crippen LogP contribution in [-0.2, 0) is 0 Å². The number of hydrogen-bond acceptors (Lipinski definition) is 6. The summed E-state index contributed by atoms with van der Waals surface area (Å²) in [7, 11) is 0. The Labute approximate surface area is 347 Å². The second-order valence-electron chi connectivity index (χ2n) is 15.3. The fourth-order valence-corrected chi connectivity index (χ4v) is 9.09. The predicted octanol–water partition coefficient (Wildman–Crippen LogP) is 14.0. The molecule has 0 saturated carbocycles. The second-order valence-corrected chi connectivity index (χ2v) is 15.3. The SMILES string of the molecule is c1ccc(-c2nc3c4ccccc4c4ccccc4c3n2-c2ccc(-c3nc(-c4cccc5c4oc4ccccc45)nc(-c4cccc5c4oc4ccccc45)n3)cc2)cc1. The van der Waals surface area contributed by atoms with Crippen LogP contribution in [0, 0.1) is 0 Å². The molecule has 0 N–H and O–H groups in total. The van der Waals surface area contributed by atoms with Gasteiger partial charge in [-0.3, -0.25) is 4.57 Å². The van der Waals surface area contributed by atoms with Gasteiger partial charge in [-0.2, -0.15) is 0 Å². The summed E-state index contributed by atoms with van der Waals surface area (Å²) in [5, 5.41) is 8.72. The standard InChI is InChI=1S/C54H31N5O2/c1-2-14-33(15-3-1)54-55-47-39-20-6-4-16-35(39)36-17-5-7-21-40(36)48(47)59(54)34-30-28-32(29-31-34)51-56-52(43-24-12-22-41-37-18-8-10-26-45(37)60-49(41)43)58-53(57-51)44-25-13-23-42-38-19-9-11-27-46(38)61-50(42)44/h1-31H. The molecule has 4 heterocycles. The Kier molecular flexibility index (Phi) is 7.17.